The van der Waals surface area contributed by atoms with Crippen molar-refractivity contribution < 1.29 is 4.79 Å². The van der Waals surface area contributed by atoms with Gasteiger partial charge in [0.2, 0.25) is 5.91 Å². The Labute approximate surface area is 176 Å². The van der Waals surface area contributed by atoms with Gasteiger partial charge in [-0.15, -0.1) is 0 Å². The van der Waals surface area contributed by atoms with Crippen molar-refractivity contribution in [1.29, 1.82) is 0 Å². The van der Waals surface area contributed by atoms with E-state index >= 15 is 0 Å². The molecule has 29 heavy (non-hydrogen) atoms. The lowest BCUT2D eigenvalue weighted by Gasteiger charge is -2.35. The highest BCUT2D eigenvalue weighted by Gasteiger charge is 2.21. The molecule has 0 radical (unpaired) electrons. The number of rotatable bonds is 5. The Bertz CT molecular complexity index is 816. The number of halogens is 1. The van der Waals surface area contributed by atoms with E-state index in [0.717, 1.165) is 56.6 Å². The molecule has 1 aromatic heterocycles. The van der Waals surface area contributed by atoms with E-state index in [9.17, 15) is 4.79 Å². The molecule has 1 N–H and O–H groups in total. The summed E-state index contributed by atoms with van der Waals surface area (Å²) in [4.78, 5) is 28.1. The zero-order valence-corrected chi connectivity index (χ0v) is 17.3. The molecule has 2 aliphatic heterocycles. The van der Waals surface area contributed by atoms with Crippen LogP contribution < -0.4 is 15.1 Å². The number of aromatic nitrogens is 2. The lowest BCUT2D eigenvalue weighted by Crippen LogP contribution is -2.49. The average molecular weight is 415 g/mol. The number of hydrogen-bond acceptors (Lipinski definition) is 6. The van der Waals surface area contributed by atoms with Gasteiger partial charge in [0, 0.05) is 56.0 Å². The maximum absolute atomic E-state index is 12.3. The Balaban J connectivity index is 1.28. The molecule has 154 valence electrons. The van der Waals surface area contributed by atoms with E-state index in [-0.39, 0.29) is 5.91 Å². The predicted octanol–water partition coefficient (Wildman–Crippen LogP) is 2.88. The summed E-state index contributed by atoms with van der Waals surface area (Å²) in [5, 5.41) is 3.58. The summed E-state index contributed by atoms with van der Waals surface area (Å²) in [6.07, 6.45) is 5.44. The van der Waals surface area contributed by atoms with Crippen LogP contribution in [0, 0.1) is 0 Å². The first kappa shape index (κ1) is 19.9. The number of amides is 1. The second-order valence-corrected chi connectivity index (χ2v) is 8.04. The van der Waals surface area contributed by atoms with Crippen LogP contribution in [0.15, 0.2) is 36.7 Å². The number of piperidine rings is 1. The van der Waals surface area contributed by atoms with Gasteiger partial charge in [-0.05, 0) is 43.5 Å². The second-order valence-electron chi connectivity index (χ2n) is 7.60. The van der Waals surface area contributed by atoms with E-state index in [4.69, 9.17) is 11.6 Å². The highest BCUT2D eigenvalue weighted by atomic mass is 35.5. The van der Waals surface area contributed by atoms with E-state index < -0.39 is 0 Å². The monoisotopic (exact) mass is 414 g/mol. The molecule has 1 aromatic carbocycles. The summed E-state index contributed by atoms with van der Waals surface area (Å²) in [5.74, 6) is 2.00. The van der Waals surface area contributed by atoms with Crippen molar-refractivity contribution in [3.8, 4) is 0 Å². The quantitative estimate of drug-likeness (QED) is 0.811. The number of nitrogens with zero attached hydrogens (tertiary/aromatic N) is 5. The number of benzene rings is 1. The van der Waals surface area contributed by atoms with Crippen molar-refractivity contribution in [3.05, 3.63) is 41.7 Å². The molecule has 1 amide bonds. The van der Waals surface area contributed by atoms with Gasteiger partial charge in [-0.1, -0.05) is 11.6 Å². The first-order valence-electron chi connectivity index (χ1n) is 10.3. The van der Waals surface area contributed by atoms with Crippen LogP contribution in [0.25, 0.3) is 0 Å². The molecule has 2 aromatic rings. The van der Waals surface area contributed by atoms with Gasteiger partial charge >= 0.3 is 0 Å². The third-order valence-electron chi connectivity index (χ3n) is 5.51. The van der Waals surface area contributed by atoms with E-state index in [2.05, 4.69) is 36.1 Å². The fourth-order valence-corrected chi connectivity index (χ4v) is 4.00. The van der Waals surface area contributed by atoms with Crippen LogP contribution in [0.5, 0.6) is 0 Å². The van der Waals surface area contributed by atoms with Crippen LogP contribution in [-0.4, -0.2) is 66.6 Å². The molecule has 8 heteroatoms. The Kier molecular flexibility index (Phi) is 6.46. The van der Waals surface area contributed by atoms with Gasteiger partial charge < -0.3 is 15.1 Å². The number of anilines is 3. The largest absolute Gasteiger partial charge is 0.356 e. The summed E-state index contributed by atoms with van der Waals surface area (Å²) >= 11 is 5.88. The van der Waals surface area contributed by atoms with Crippen molar-refractivity contribution >= 4 is 34.8 Å². The topological polar surface area (TPSA) is 64.6 Å². The standard InChI is InChI=1S/C21H27ClN6O/c22-17-4-6-18(7-5-17)25-21(29)15-26-10-12-28(13-11-26)20-14-19(23-16-24-20)27-8-2-1-3-9-27/h4-7,14,16H,1-3,8-13,15H2,(H,25,29). The molecule has 0 aliphatic carbocycles. The molecule has 2 fully saturated rings. The minimum Gasteiger partial charge on any atom is -0.356 e. The minimum absolute atomic E-state index is 0.00445. The highest BCUT2D eigenvalue weighted by molar-refractivity contribution is 6.30. The van der Waals surface area contributed by atoms with E-state index in [1.807, 2.05) is 12.1 Å². The summed E-state index contributed by atoms with van der Waals surface area (Å²) < 4.78 is 0. The molecule has 7 nitrogen and oxygen atoms in total. The zero-order chi connectivity index (χ0) is 20.1. The first-order chi connectivity index (χ1) is 14.2. The molecule has 0 spiro atoms. The minimum atomic E-state index is -0.00445. The van der Waals surface area contributed by atoms with Crippen molar-refractivity contribution in [2.24, 2.45) is 0 Å². The molecule has 0 unspecified atom stereocenters. The third-order valence-corrected chi connectivity index (χ3v) is 5.76. The van der Waals surface area contributed by atoms with E-state index in [0.29, 0.717) is 11.6 Å². The van der Waals surface area contributed by atoms with Crippen molar-refractivity contribution in [3.63, 3.8) is 0 Å². The smallest absolute Gasteiger partial charge is 0.238 e. The van der Waals surface area contributed by atoms with Gasteiger partial charge in [0.25, 0.3) is 0 Å². The van der Waals surface area contributed by atoms with E-state index in [1.54, 1.807) is 18.5 Å². The van der Waals surface area contributed by atoms with Crippen LogP contribution in [0.1, 0.15) is 19.3 Å². The molecular formula is C21H27ClN6O. The summed E-state index contributed by atoms with van der Waals surface area (Å²) in [6, 6.07) is 9.28. The van der Waals surface area contributed by atoms with Crippen LogP contribution in [0.4, 0.5) is 17.3 Å². The first-order valence-corrected chi connectivity index (χ1v) is 10.6. The van der Waals surface area contributed by atoms with Gasteiger partial charge in [-0.3, -0.25) is 9.69 Å². The fourth-order valence-electron chi connectivity index (χ4n) is 3.88. The number of nitrogens with one attached hydrogen (secondary N) is 1. The third kappa shape index (κ3) is 5.36. The Hall–Kier alpha value is -2.38. The van der Waals surface area contributed by atoms with Gasteiger partial charge in [-0.25, -0.2) is 9.97 Å². The Morgan fingerprint density at radius 3 is 2.17 bits per heavy atom. The van der Waals surface area contributed by atoms with E-state index in [1.165, 1.54) is 19.3 Å². The van der Waals surface area contributed by atoms with Gasteiger partial charge in [0.15, 0.2) is 0 Å². The van der Waals surface area contributed by atoms with Crippen LogP contribution in [0.2, 0.25) is 5.02 Å². The van der Waals surface area contributed by atoms with Crippen LogP contribution in [0.3, 0.4) is 0 Å². The molecule has 0 saturated carbocycles. The molecule has 4 rings (SSSR count). The van der Waals surface area contributed by atoms with Gasteiger partial charge in [0.1, 0.15) is 18.0 Å². The van der Waals surface area contributed by atoms with Crippen LogP contribution >= 0.6 is 11.6 Å². The number of piperazine rings is 1. The maximum Gasteiger partial charge on any atom is 0.238 e. The second kappa shape index (κ2) is 9.41. The van der Waals surface area contributed by atoms with Gasteiger partial charge in [-0.2, -0.15) is 0 Å². The van der Waals surface area contributed by atoms with Crippen molar-refractivity contribution in [2.75, 3.05) is 60.9 Å². The fraction of sp³-hybridized carbons (Fsp3) is 0.476. The Morgan fingerprint density at radius 2 is 1.52 bits per heavy atom. The number of carbonyl (C=O) groups excluding carboxylic acids is 1. The molecule has 0 bridgehead atoms. The molecule has 2 aliphatic rings. The van der Waals surface area contributed by atoms with Crippen molar-refractivity contribution in [2.45, 2.75) is 19.3 Å². The molecule has 3 heterocycles. The normalized spacial score (nSPS) is 18.0. The number of hydrogen-bond donors (Lipinski definition) is 1. The molecular weight excluding hydrogens is 388 g/mol. The molecule has 0 atom stereocenters. The lowest BCUT2D eigenvalue weighted by molar-refractivity contribution is -0.117. The zero-order valence-electron chi connectivity index (χ0n) is 16.6. The summed E-state index contributed by atoms with van der Waals surface area (Å²) in [7, 11) is 0. The predicted molar refractivity (Wildman–Crippen MR) is 117 cm³/mol. The molecule has 2 saturated heterocycles. The average Bonchev–Trinajstić information content (AvgIpc) is 2.77. The Morgan fingerprint density at radius 1 is 0.897 bits per heavy atom. The van der Waals surface area contributed by atoms with Gasteiger partial charge in [0.05, 0.1) is 6.54 Å². The SMILES string of the molecule is O=C(CN1CCN(c2cc(N3CCCCC3)ncn2)CC1)Nc1ccc(Cl)cc1. The summed E-state index contributed by atoms with van der Waals surface area (Å²) in [6.45, 7) is 5.91. The number of carbonyl (C=O) groups is 1. The summed E-state index contributed by atoms with van der Waals surface area (Å²) in [5.41, 5.74) is 0.768. The van der Waals surface area contributed by atoms with Crippen LogP contribution in [-0.2, 0) is 4.79 Å². The lowest BCUT2D eigenvalue weighted by atomic mass is 10.1. The highest BCUT2D eigenvalue weighted by Crippen LogP contribution is 2.22. The maximum atomic E-state index is 12.3. The van der Waals surface area contributed by atoms with Crippen molar-refractivity contribution in [1.82, 2.24) is 14.9 Å².